The molecule has 0 unspecified atom stereocenters. The number of likely N-dealkylation sites (N-methyl/N-ethyl adjacent to an activating group) is 1. The molecule has 1 aromatic carbocycles. The fourth-order valence-electron chi connectivity index (χ4n) is 2.19. The second-order valence-corrected chi connectivity index (χ2v) is 5.72. The number of nitrogens with zero attached hydrogens (tertiary/aromatic N) is 1. The first kappa shape index (κ1) is 15.6. The summed E-state index contributed by atoms with van der Waals surface area (Å²) in [6.45, 7) is 9.01. The average Bonchev–Trinajstić information content (AvgIpc) is 3.27. The summed E-state index contributed by atoms with van der Waals surface area (Å²) in [5.41, 5.74) is 1.16. The number of rotatable bonds is 9. The molecular weight excluding hydrogens is 272 g/mol. The zero-order chi connectivity index (χ0) is 14.4. The molecule has 0 bridgehead atoms. The van der Waals surface area contributed by atoms with Gasteiger partial charge in [-0.1, -0.05) is 25.4 Å². The van der Waals surface area contributed by atoms with Crippen LogP contribution in [-0.2, 0) is 6.54 Å². The molecule has 0 radical (unpaired) electrons. The largest absolute Gasteiger partial charge is 0.492 e. The summed E-state index contributed by atoms with van der Waals surface area (Å²) < 4.78 is 5.94. The van der Waals surface area contributed by atoms with Gasteiger partial charge in [0.1, 0.15) is 12.4 Å². The summed E-state index contributed by atoms with van der Waals surface area (Å²) in [7, 11) is 0. The van der Waals surface area contributed by atoms with Crippen molar-refractivity contribution in [2.75, 3.05) is 26.2 Å². The molecule has 3 nitrogen and oxygen atoms in total. The topological polar surface area (TPSA) is 24.5 Å². The molecule has 20 heavy (non-hydrogen) atoms. The number of nitrogens with one attached hydrogen (secondary N) is 1. The summed E-state index contributed by atoms with van der Waals surface area (Å²) in [6.07, 6.45) is 2.58. The van der Waals surface area contributed by atoms with Crippen LogP contribution in [0.5, 0.6) is 5.75 Å². The van der Waals surface area contributed by atoms with Gasteiger partial charge in [0.15, 0.2) is 0 Å². The van der Waals surface area contributed by atoms with Crippen molar-refractivity contribution in [2.24, 2.45) is 0 Å². The minimum atomic E-state index is 0.692. The van der Waals surface area contributed by atoms with E-state index in [0.29, 0.717) is 6.04 Å². The van der Waals surface area contributed by atoms with Gasteiger partial charge in [-0.3, -0.25) is 0 Å². The van der Waals surface area contributed by atoms with E-state index in [-0.39, 0.29) is 0 Å². The number of hydrogen-bond donors (Lipinski definition) is 1. The maximum Gasteiger partial charge on any atom is 0.123 e. The quantitative estimate of drug-likeness (QED) is 0.756. The third-order valence-electron chi connectivity index (χ3n) is 3.74. The third kappa shape index (κ3) is 4.97. The first-order valence-electron chi connectivity index (χ1n) is 7.59. The molecule has 2 rings (SSSR count). The Bertz CT molecular complexity index is 417. The van der Waals surface area contributed by atoms with E-state index in [1.165, 1.54) is 12.8 Å². The Balaban J connectivity index is 1.87. The van der Waals surface area contributed by atoms with Crippen LogP contribution in [0.3, 0.4) is 0 Å². The Morgan fingerprint density at radius 3 is 2.70 bits per heavy atom. The zero-order valence-electron chi connectivity index (χ0n) is 12.5. The smallest absolute Gasteiger partial charge is 0.123 e. The van der Waals surface area contributed by atoms with Crippen LogP contribution in [0.15, 0.2) is 18.2 Å². The molecule has 1 aliphatic rings. The van der Waals surface area contributed by atoms with Crippen molar-refractivity contribution >= 4 is 11.6 Å². The van der Waals surface area contributed by atoms with Gasteiger partial charge in [0.05, 0.1) is 0 Å². The predicted octanol–water partition coefficient (Wildman–Crippen LogP) is 3.31. The van der Waals surface area contributed by atoms with Crippen molar-refractivity contribution in [1.29, 1.82) is 0 Å². The van der Waals surface area contributed by atoms with Gasteiger partial charge in [0.25, 0.3) is 0 Å². The average molecular weight is 297 g/mol. The molecule has 112 valence electrons. The van der Waals surface area contributed by atoms with Crippen LogP contribution in [0.4, 0.5) is 0 Å². The molecule has 4 heteroatoms. The van der Waals surface area contributed by atoms with E-state index in [2.05, 4.69) is 24.1 Å². The lowest BCUT2D eigenvalue weighted by Gasteiger charge is -2.19. The van der Waals surface area contributed by atoms with Gasteiger partial charge in [-0.25, -0.2) is 0 Å². The van der Waals surface area contributed by atoms with Crippen molar-refractivity contribution in [3.8, 4) is 5.75 Å². The number of ether oxygens (including phenoxy) is 1. The van der Waals surface area contributed by atoms with E-state index >= 15 is 0 Å². The van der Waals surface area contributed by atoms with Gasteiger partial charge >= 0.3 is 0 Å². The van der Waals surface area contributed by atoms with E-state index in [1.807, 2.05) is 18.2 Å². The summed E-state index contributed by atoms with van der Waals surface area (Å²) in [4.78, 5) is 2.36. The van der Waals surface area contributed by atoms with Gasteiger partial charge in [-0.15, -0.1) is 0 Å². The van der Waals surface area contributed by atoms with E-state index in [1.54, 1.807) is 0 Å². The fraction of sp³-hybridized carbons (Fsp3) is 0.625. The van der Waals surface area contributed by atoms with Crippen LogP contribution in [0.25, 0.3) is 0 Å². The molecule has 1 fully saturated rings. The third-order valence-corrected chi connectivity index (χ3v) is 3.98. The van der Waals surface area contributed by atoms with Crippen molar-refractivity contribution in [3.05, 3.63) is 28.8 Å². The highest BCUT2D eigenvalue weighted by molar-refractivity contribution is 6.30. The van der Waals surface area contributed by atoms with Crippen LogP contribution in [0.2, 0.25) is 5.02 Å². The number of halogens is 1. The zero-order valence-corrected chi connectivity index (χ0v) is 13.2. The minimum Gasteiger partial charge on any atom is -0.492 e. The summed E-state index contributed by atoms with van der Waals surface area (Å²) in [5.74, 6) is 0.953. The molecule has 0 saturated heterocycles. The van der Waals surface area contributed by atoms with E-state index in [4.69, 9.17) is 16.3 Å². The second-order valence-electron chi connectivity index (χ2n) is 5.28. The van der Waals surface area contributed by atoms with Gasteiger partial charge in [-0.05, 0) is 44.1 Å². The molecule has 0 aromatic heterocycles. The highest BCUT2D eigenvalue weighted by Gasteiger charge is 2.20. The Morgan fingerprint density at radius 2 is 2.05 bits per heavy atom. The highest BCUT2D eigenvalue weighted by atomic mass is 35.5. The van der Waals surface area contributed by atoms with Gasteiger partial charge in [-0.2, -0.15) is 0 Å². The Hall–Kier alpha value is -0.770. The van der Waals surface area contributed by atoms with Gasteiger partial charge < -0.3 is 15.0 Å². The van der Waals surface area contributed by atoms with Crippen LogP contribution in [-0.4, -0.2) is 37.2 Å². The van der Waals surface area contributed by atoms with Gasteiger partial charge in [0, 0.05) is 29.7 Å². The van der Waals surface area contributed by atoms with Crippen LogP contribution in [0.1, 0.15) is 32.3 Å². The van der Waals surface area contributed by atoms with Crippen LogP contribution >= 0.6 is 11.6 Å². The van der Waals surface area contributed by atoms with Crippen LogP contribution in [0, 0.1) is 0 Å². The molecule has 1 aliphatic carbocycles. The van der Waals surface area contributed by atoms with Gasteiger partial charge in [0.2, 0.25) is 0 Å². The maximum atomic E-state index is 6.09. The van der Waals surface area contributed by atoms with Crippen molar-refractivity contribution in [3.63, 3.8) is 0 Å². The van der Waals surface area contributed by atoms with Crippen molar-refractivity contribution < 1.29 is 4.74 Å². The Morgan fingerprint density at radius 1 is 1.30 bits per heavy atom. The highest BCUT2D eigenvalue weighted by Crippen LogP contribution is 2.25. The standard InChI is InChI=1S/C16H25ClN2O/c1-3-19(4-2)9-10-20-16-8-5-14(17)11-13(16)12-18-15-6-7-15/h5,8,11,15,18H,3-4,6-7,9-10,12H2,1-2H3. The summed E-state index contributed by atoms with van der Waals surface area (Å²) in [5, 5.41) is 4.28. The number of hydrogen-bond acceptors (Lipinski definition) is 3. The molecule has 0 heterocycles. The first-order chi connectivity index (χ1) is 9.72. The minimum absolute atomic E-state index is 0.692. The van der Waals surface area contributed by atoms with Crippen molar-refractivity contribution in [2.45, 2.75) is 39.3 Å². The molecule has 0 spiro atoms. The predicted molar refractivity (Wildman–Crippen MR) is 84.6 cm³/mol. The lowest BCUT2D eigenvalue weighted by atomic mass is 10.2. The Kier molecular flexibility index (Phi) is 6.14. The van der Waals surface area contributed by atoms with E-state index in [0.717, 1.165) is 49.1 Å². The molecular formula is C16H25ClN2O. The molecule has 0 amide bonds. The van der Waals surface area contributed by atoms with E-state index < -0.39 is 0 Å². The summed E-state index contributed by atoms with van der Waals surface area (Å²) >= 11 is 6.09. The summed E-state index contributed by atoms with van der Waals surface area (Å²) in [6, 6.07) is 6.57. The lowest BCUT2D eigenvalue weighted by molar-refractivity contribution is 0.221. The lowest BCUT2D eigenvalue weighted by Crippen LogP contribution is -2.28. The molecule has 1 aromatic rings. The molecule has 0 atom stereocenters. The number of benzene rings is 1. The SMILES string of the molecule is CCN(CC)CCOc1ccc(Cl)cc1CNC1CC1. The maximum absolute atomic E-state index is 6.09. The molecule has 1 N–H and O–H groups in total. The first-order valence-corrected chi connectivity index (χ1v) is 7.97. The Labute approximate surface area is 127 Å². The van der Waals surface area contributed by atoms with Crippen LogP contribution < -0.4 is 10.1 Å². The fourth-order valence-corrected chi connectivity index (χ4v) is 2.39. The molecule has 0 aliphatic heterocycles. The monoisotopic (exact) mass is 296 g/mol. The molecule has 1 saturated carbocycles. The second kappa shape index (κ2) is 7.87. The normalized spacial score (nSPS) is 14.8. The van der Waals surface area contributed by atoms with E-state index in [9.17, 15) is 0 Å². The van der Waals surface area contributed by atoms with Crippen molar-refractivity contribution in [1.82, 2.24) is 10.2 Å².